The van der Waals surface area contributed by atoms with Crippen LogP contribution in [0, 0.1) is 0 Å². The largest absolute Gasteiger partial charge is 0.374 e. The molecular formula is C14H21BrN2O. The number of rotatable bonds is 5. The quantitative estimate of drug-likeness (QED) is 0.907. The van der Waals surface area contributed by atoms with Crippen molar-refractivity contribution in [3.63, 3.8) is 0 Å². The lowest BCUT2D eigenvalue weighted by molar-refractivity contribution is -0.0110. The molecule has 2 rings (SSSR count). The van der Waals surface area contributed by atoms with Gasteiger partial charge < -0.3 is 10.1 Å². The molecule has 2 atom stereocenters. The van der Waals surface area contributed by atoms with Crippen molar-refractivity contribution in [3.05, 3.63) is 28.5 Å². The van der Waals surface area contributed by atoms with Crippen LogP contribution in [-0.4, -0.2) is 29.8 Å². The maximum atomic E-state index is 5.96. The highest BCUT2D eigenvalue weighted by Gasteiger charge is 2.37. The molecular weight excluding hydrogens is 292 g/mol. The number of halogens is 1. The summed E-state index contributed by atoms with van der Waals surface area (Å²) in [5.41, 5.74) is 1.20. The van der Waals surface area contributed by atoms with Gasteiger partial charge in [-0.15, -0.1) is 0 Å². The topological polar surface area (TPSA) is 34.2 Å². The van der Waals surface area contributed by atoms with Crippen LogP contribution < -0.4 is 5.32 Å². The molecule has 100 valence electrons. The lowest BCUT2D eigenvalue weighted by atomic mass is 9.88. The molecule has 1 fully saturated rings. The second kappa shape index (κ2) is 6.13. The molecule has 0 radical (unpaired) electrons. The van der Waals surface area contributed by atoms with Gasteiger partial charge in [-0.2, -0.15) is 0 Å². The second-order valence-electron chi connectivity index (χ2n) is 5.09. The Kier molecular flexibility index (Phi) is 4.76. The minimum atomic E-state index is -0.0433. The standard InChI is InChI=1S/C14H21BrN2O/c1-3-17-13(14(2)5-4-6-18-14)8-11-7-12(15)10-16-9-11/h7,9-10,13,17H,3-6,8H2,1-2H3. The number of nitrogens with zero attached hydrogens (tertiary/aromatic N) is 1. The van der Waals surface area contributed by atoms with E-state index in [1.54, 1.807) is 0 Å². The van der Waals surface area contributed by atoms with Gasteiger partial charge in [0.1, 0.15) is 0 Å². The highest BCUT2D eigenvalue weighted by atomic mass is 79.9. The van der Waals surface area contributed by atoms with Gasteiger partial charge in [0.25, 0.3) is 0 Å². The molecule has 1 aliphatic rings. The molecule has 0 bridgehead atoms. The zero-order valence-corrected chi connectivity index (χ0v) is 12.7. The van der Waals surface area contributed by atoms with E-state index < -0.39 is 0 Å². The molecule has 0 spiro atoms. The van der Waals surface area contributed by atoms with Crippen molar-refractivity contribution in [2.75, 3.05) is 13.2 Å². The van der Waals surface area contributed by atoms with E-state index in [4.69, 9.17) is 4.74 Å². The molecule has 1 aliphatic heterocycles. The van der Waals surface area contributed by atoms with Crippen molar-refractivity contribution < 1.29 is 4.74 Å². The van der Waals surface area contributed by atoms with Gasteiger partial charge in [-0.1, -0.05) is 6.92 Å². The van der Waals surface area contributed by atoms with Crippen LogP contribution in [-0.2, 0) is 11.2 Å². The van der Waals surface area contributed by atoms with Crippen molar-refractivity contribution >= 4 is 15.9 Å². The number of pyridine rings is 1. The Balaban J connectivity index is 2.10. The van der Waals surface area contributed by atoms with E-state index in [0.29, 0.717) is 6.04 Å². The molecule has 1 aromatic rings. The molecule has 2 heterocycles. The summed E-state index contributed by atoms with van der Waals surface area (Å²) in [4.78, 5) is 4.23. The number of hydrogen-bond acceptors (Lipinski definition) is 3. The molecule has 1 N–H and O–H groups in total. The SMILES string of the molecule is CCNC(Cc1cncc(Br)c1)C1(C)CCCO1. The fraction of sp³-hybridized carbons (Fsp3) is 0.643. The number of aromatic nitrogens is 1. The van der Waals surface area contributed by atoms with Crippen molar-refractivity contribution in [1.82, 2.24) is 10.3 Å². The van der Waals surface area contributed by atoms with E-state index in [1.165, 1.54) is 5.56 Å². The number of nitrogens with one attached hydrogen (secondary N) is 1. The van der Waals surface area contributed by atoms with Crippen molar-refractivity contribution in [3.8, 4) is 0 Å². The van der Waals surface area contributed by atoms with Crippen molar-refractivity contribution in [1.29, 1.82) is 0 Å². The minimum Gasteiger partial charge on any atom is -0.374 e. The van der Waals surface area contributed by atoms with Crippen LogP contribution in [0.2, 0.25) is 0 Å². The van der Waals surface area contributed by atoms with Gasteiger partial charge in [0.2, 0.25) is 0 Å². The molecule has 18 heavy (non-hydrogen) atoms. The molecule has 0 aromatic carbocycles. The van der Waals surface area contributed by atoms with Gasteiger partial charge >= 0.3 is 0 Å². The predicted octanol–water partition coefficient (Wildman–Crippen LogP) is 2.93. The van der Waals surface area contributed by atoms with E-state index in [2.05, 4.69) is 46.1 Å². The van der Waals surface area contributed by atoms with Gasteiger partial charge in [0.15, 0.2) is 0 Å². The first-order chi connectivity index (χ1) is 8.64. The van der Waals surface area contributed by atoms with Gasteiger partial charge in [0.05, 0.1) is 5.60 Å². The van der Waals surface area contributed by atoms with E-state index in [-0.39, 0.29) is 5.60 Å². The Hall–Kier alpha value is -0.450. The van der Waals surface area contributed by atoms with Crippen LogP contribution >= 0.6 is 15.9 Å². The van der Waals surface area contributed by atoms with Crippen molar-refractivity contribution in [2.45, 2.75) is 44.8 Å². The van der Waals surface area contributed by atoms with Gasteiger partial charge in [-0.25, -0.2) is 0 Å². The first-order valence-corrected chi connectivity index (χ1v) is 7.40. The molecule has 0 aliphatic carbocycles. The zero-order chi connectivity index (χ0) is 13.0. The molecule has 0 saturated carbocycles. The fourth-order valence-electron chi connectivity index (χ4n) is 2.63. The third-order valence-electron chi connectivity index (χ3n) is 3.64. The lowest BCUT2D eigenvalue weighted by Gasteiger charge is -2.34. The van der Waals surface area contributed by atoms with E-state index >= 15 is 0 Å². The van der Waals surface area contributed by atoms with Crippen LogP contribution in [0.25, 0.3) is 0 Å². The summed E-state index contributed by atoms with van der Waals surface area (Å²) in [6, 6.07) is 2.48. The van der Waals surface area contributed by atoms with Crippen LogP contribution in [0.4, 0.5) is 0 Å². The molecule has 1 aromatic heterocycles. The van der Waals surface area contributed by atoms with Gasteiger partial charge in [-0.05, 0) is 60.3 Å². The molecule has 1 saturated heterocycles. The van der Waals surface area contributed by atoms with Gasteiger partial charge in [-0.3, -0.25) is 4.98 Å². The molecule has 3 nitrogen and oxygen atoms in total. The van der Waals surface area contributed by atoms with E-state index in [1.807, 2.05) is 12.4 Å². The number of hydrogen-bond donors (Lipinski definition) is 1. The van der Waals surface area contributed by atoms with Crippen LogP contribution in [0.1, 0.15) is 32.3 Å². The fourth-order valence-corrected chi connectivity index (χ4v) is 3.04. The average Bonchev–Trinajstić information content (AvgIpc) is 2.77. The highest BCUT2D eigenvalue weighted by molar-refractivity contribution is 9.10. The molecule has 2 unspecified atom stereocenters. The third-order valence-corrected chi connectivity index (χ3v) is 4.07. The normalized spacial score (nSPS) is 25.3. The monoisotopic (exact) mass is 312 g/mol. The van der Waals surface area contributed by atoms with E-state index in [9.17, 15) is 0 Å². The number of ether oxygens (including phenoxy) is 1. The summed E-state index contributed by atoms with van der Waals surface area (Å²) in [5.74, 6) is 0. The molecule has 0 amide bonds. The summed E-state index contributed by atoms with van der Waals surface area (Å²) in [5, 5.41) is 3.56. The Morgan fingerprint density at radius 2 is 2.39 bits per heavy atom. The average molecular weight is 313 g/mol. The first kappa shape index (κ1) is 14.0. The number of likely N-dealkylation sites (N-methyl/N-ethyl adjacent to an activating group) is 1. The van der Waals surface area contributed by atoms with Gasteiger partial charge in [0, 0.05) is 29.5 Å². The van der Waals surface area contributed by atoms with Crippen LogP contribution in [0.3, 0.4) is 0 Å². The third kappa shape index (κ3) is 3.31. The summed E-state index contributed by atoms with van der Waals surface area (Å²) < 4.78 is 7.00. The summed E-state index contributed by atoms with van der Waals surface area (Å²) in [6.07, 6.45) is 7.00. The first-order valence-electron chi connectivity index (χ1n) is 6.61. The Morgan fingerprint density at radius 1 is 1.56 bits per heavy atom. The molecule has 4 heteroatoms. The summed E-state index contributed by atoms with van der Waals surface area (Å²) in [6.45, 7) is 6.21. The van der Waals surface area contributed by atoms with Crippen LogP contribution in [0.15, 0.2) is 22.9 Å². The van der Waals surface area contributed by atoms with E-state index in [0.717, 1.165) is 36.9 Å². The van der Waals surface area contributed by atoms with Crippen LogP contribution in [0.5, 0.6) is 0 Å². The predicted molar refractivity (Wildman–Crippen MR) is 76.7 cm³/mol. The highest BCUT2D eigenvalue weighted by Crippen LogP contribution is 2.30. The zero-order valence-electron chi connectivity index (χ0n) is 11.1. The maximum Gasteiger partial charge on any atom is 0.0810 e. The smallest absolute Gasteiger partial charge is 0.0810 e. The van der Waals surface area contributed by atoms with Crippen molar-refractivity contribution in [2.24, 2.45) is 0 Å². The lowest BCUT2D eigenvalue weighted by Crippen LogP contribution is -2.49. The summed E-state index contributed by atoms with van der Waals surface area (Å²) in [7, 11) is 0. The summed E-state index contributed by atoms with van der Waals surface area (Å²) >= 11 is 3.47. The Bertz CT molecular complexity index is 391. The Labute approximate surface area is 117 Å². The second-order valence-corrected chi connectivity index (χ2v) is 6.01. The maximum absolute atomic E-state index is 5.96. The minimum absolute atomic E-state index is 0.0433. The Morgan fingerprint density at radius 3 is 3.00 bits per heavy atom.